The van der Waals surface area contributed by atoms with Crippen LogP contribution in [-0.4, -0.2) is 121 Å². The number of hydrogen-bond acceptors (Lipinski definition) is 12. The van der Waals surface area contributed by atoms with Gasteiger partial charge in [0, 0.05) is 52.0 Å². The minimum Gasteiger partial charge on any atom is -0.488 e. The maximum absolute atomic E-state index is 14.5. The van der Waals surface area contributed by atoms with Gasteiger partial charge in [0.25, 0.3) is 11.7 Å². The molecule has 1 saturated carbocycles. The van der Waals surface area contributed by atoms with Crippen molar-refractivity contribution in [2.45, 2.75) is 167 Å². The monoisotopic (exact) mass is 868 g/mol. The number of allylic oxidation sites excluding steroid dienone is 3. The van der Waals surface area contributed by atoms with Gasteiger partial charge in [-0.15, -0.1) is 0 Å². The Morgan fingerprint density at radius 2 is 1.56 bits per heavy atom. The van der Waals surface area contributed by atoms with Crippen LogP contribution >= 0.6 is 0 Å². The van der Waals surface area contributed by atoms with Crippen molar-refractivity contribution < 1.29 is 57.8 Å². The Bertz CT molecular complexity index is 1730. The van der Waals surface area contributed by atoms with Crippen molar-refractivity contribution in [1.82, 2.24) is 4.90 Å². The van der Waals surface area contributed by atoms with Crippen molar-refractivity contribution in [3.05, 3.63) is 53.6 Å². The van der Waals surface area contributed by atoms with Crippen molar-refractivity contribution in [1.29, 1.82) is 0 Å². The summed E-state index contributed by atoms with van der Waals surface area (Å²) in [7, 11) is 4.75. The second kappa shape index (κ2) is 22.4. The number of fused-ring (bicyclic) bond motifs is 3. The number of rotatable bonds is 8. The van der Waals surface area contributed by atoms with Crippen LogP contribution in [0.4, 0.5) is 0 Å². The molecule has 0 aromatic heterocycles. The van der Waals surface area contributed by atoms with Crippen LogP contribution in [0.2, 0.25) is 0 Å². The lowest BCUT2D eigenvalue weighted by Gasteiger charge is -2.47. The van der Waals surface area contributed by atoms with Gasteiger partial charge in [-0.25, -0.2) is 4.79 Å². The van der Waals surface area contributed by atoms with Crippen LogP contribution in [0.5, 0.6) is 5.75 Å². The van der Waals surface area contributed by atoms with E-state index in [0.29, 0.717) is 44.1 Å². The number of aliphatic hydroxyl groups excluding tert-OH is 1. The summed E-state index contributed by atoms with van der Waals surface area (Å²) in [5.74, 6) is -6.65. The molecule has 1 aliphatic carbocycles. The van der Waals surface area contributed by atoms with E-state index in [1.165, 1.54) is 19.1 Å². The predicted octanol–water partition coefficient (Wildman–Crippen LogP) is 6.56. The second-order valence-electron chi connectivity index (χ2n) is 18.6. The third-order valence-corrected chi connectivity index (χ3v) is 13.9. The van der Waals surface area contributed by atoms with Gasteiger partial charge < -0.3 is 43.5 Å². The molecule has 1 amide bonds. The molecule has 2 N–H and O–H groups in total. The molecule has 3 aliphatic heterocycles. The van der Waals surface area contributed by atoms with Crippen LogP contribution in [-0.2, 0) is 42.9 Å². The number of esters is 1. The van der Waals surface area contributed by atoms with E-state index in [4.69, 9.17) is 28.4 Å². The Kier molecular flexibility index (Phi) is 17.9. The third kappa shape index (κ3) is 11.8. The van der Waals surface area contributed by atoms with Crippen LogP contribution in [0.3, 0.4) is 0 Å². The summed E-state index contributed by atoms with van der Waals surface area (Å²) in [5.41, 5.74) is 1.70. The molecular formula is C49H73NO12. The van der Waals surface area contributed by atoms with Crippen molar-refractivity contribution in [3.8, 4) is 5.75 Å². The fourth-order valence-electron chi connectivity index (χ4n) is 10.2. The Labute approximate surface area is 368 Å². The number of carbonyl (C=O) groups is 4. The van der Waals surface area contributed by atoms with Gasteiger partial charge >= 0.3 is 5.97 Å². The number of cyclic esters (lactones) is 1. The van der Waals surface area contributed by atoms with E-state index in [1.54, 1.807) is 21.0 Å². The first kappa shape index (κ1) is 49.6. The first-order valence-electron chi connectivity index (χ1n) is 22.9. The molecule has 62 heavy (non-hydrogen) atoms. The molecule has 1 aromatic rings. The van der Waals surface area contributed by atoms with Gasteiger partial charge in [-0.1, -0.05) is 63.6 Å². The molecule has 3 heterocycles. The average Bonchev–Trinajstić information content (AvgIpc) is 3.26. The summed E-state index contributed by atoms with van der Waals surface area (Å²) in [6.45, 7) is 11.4. The number of ketones is 2. The molecule has 346 valence electrons. The highest BCUT2D eigenvalue weighted by molar-refractivity contribution is 6.39. The van der Waals surface area contributed by atoms with E-state index in [-0.39, 0.29) is 55.6 Å². The van der Waals surface area contributed by atoms with Crippen LogP contribution in [0, 0.1) is 29.6 Å². The fourth-order valence-corrected chi connectivity index (χ4v) is 10.2. The lowest BCUT2D eigenvalue weighted by Crippen LogP contribution is -2.64. The zero-order valence-corrected chi connectivity index (χ0v) is 38.5. The van der Waals surface area contributed by atoms with Gasteiger partial charge in [-0.05, 0) is 108 Å². The maximum atomic E-state index is 14.5. The van der Waals surface area contributed by atoms with Crippen molar-refractivity contribution in [2.24, 2.45) is 29.6 Å². The van der Waals surface area contributed by atoms with Gasteiger partial charge in [-0.2, -0.15) is 0 Å². The highest BCUT2D eigenvalue weighted by atomic mass is 16.7. The molecule has 13 heteroatoms. The summed E-state index contributed by atoms with van der Waals surface area (Å²) in [6, 6.07) is 8.51. The van der Waals surface area contributed by atoms with Crippen molar-refractivity contribution >= 4 is 23.4 Å². The van der Waals surface area contributed by atoms with Crippen LogP contribution in [0.15, 0.2) is 53.6 Å². The SMILES string of the molecule is CCC1C=C(C)CC(C)CC(OC)C2OC(O)(C(=O)C(=O)N3CCCCC3C(=O)OC(C(C)=CC3CCC(Oc4ccccc4)C(OC)C3)C(C)C(O)CC1=O)C(C)CC2OC. The third-order valence-electron chi connectivity index (χ3n) is 13.9. The van der Waals surface area contributed by atoms with E-state index < -0.39 is 77.8 Å². The fraction of sp³-hybridized carbons (Fsp3) is 0.714. The summed E-state index contributed by atoms with van der Waals surface area (Å²) in [4.78, 5) is 58.2. The number of carbonyl (C=O) groups excluding carboxylic acids is 4. The number of para-hydroxylation sites is 1. The molecule has 2 bridgehead atoms. The zero-order valence-electron chi connectivity index (χ0n) is 38.5. The number of piperidine rings is 1. The largest absolute Gasteiger partial charge is 0.488 e. The molecule has 5 rings (SSSR count). The average molecular weight is 868 g/mol. The van der Waals surface area contributed by atoms with Crippen LogP contribution in [0.25, 0.3) is 0 Å². The summed E-state index contributed by atoms with van der Waals surface area (Å²) < 4.78 is 36.6. The molecule has 14 unspecified atom stereocenters. The van der Waals surface area contributed by atoms with Crippen LogP contribution in [0.1, 0.15) is 112 Å². The zero-order chi connectivity index (χ0) is 45.3. The van der Waals surface area contributed by atoms with E-state index in [2.05, 4.69) is 13.0 Å². The van der Waals surface area contributed by atoms with Gasteiger partial charge in [-0.3, -0.25) is 14.4 Å². The van der Waals surface area contributed by atoms with E-state index in [0.717, 1.165) is 24.2 Å². The quantitative estimate of drug-likeness (QED) is 0.164. The molecule has 4 aliphatic rings. The minimum atomic E-state index is -2.50. The van der Waals surface area contributed by atoms with Crippen LogP contribution < -0.4 is 4.74 Å². The number of amides is 1. The topological polar surface area (TPSA) is 167 Å². The second-order valence-corrected chi connectivity index (χ2v) is 18.6. The summed E-state index contributed by atoms with van der Waals surface area (Å²) >= 11 is 0. The molecular weight excluding hydrogens is 795 g/mol. The number of Topliss-reactive ketones (excluding diaryl/α,β-unsaturated/α-hetero) is 2. The summed E-state index contributed by atoms with van der Waals surface area (Å²) in [5, 5.41) is 23.9. The number of hydrogen-bond donors (Lipinski definition) is 2. The van der Waals surface area contributed by atoms with Gasteiger partial charge in [0.15, 0.2) is 0 Å². The van der Waals surface area contributed by atoms with E-state index in [9.17, 15) is 29.4 Å². The van der Waals surface area contributed by atoms with Crippen molar-refractivity contribution in [3.63, 3.8) is 0 Å². The molecule has 1 aromatic carbocycles. The number of methoxy groups -OCH3 is 3. The first-order chi connectivity index (χ1) is 29.5. The van der Waals surface area contributed by atoms with E-state index in [1.807, 2.05) is 57.2 Å². The number of ether oxygens (including phenoxy) is 6. The highest BCUT2D eigenvalue weighted by Gasteiger charge is 2.56. The molecule has 14 atom stereocenters. The Morgan fingerprint density at radius 1 is 0.887 bits per heavy atom. The lowest BCUT2D eigenvalue weighted by molar-refractivity contribution is -0.302. The molecule has 0 spiro atoms. The van der Waals surface area contributed by atoms with Gasteiger partial charge in [0.2, 0.25) is 5.79 Å². The molecule has 3 fully saturated rings. The Hall–Kier alpha value is -3.46. The molecule has 13 nitrogen and oxygen atoms in total. The van der Waals surface area contributed by atoms with E-state index >= 15 is 0 Å². The number of benzene rings is 1. The molecule has 0 radical (unpaired) electrons. The Morgan fingerprint density at radius 3 is 2.23 bits per heavy atom. The highest BCUT2D eigenvalue weighted by Crippen LogP contribution is 2.39. The lowest BCUT2D eigenvalue weighted by atomic mass is 9.81. The normalized spacial score (nSPS) is 37.7. The number of nitrogens with zero attached hydrogens (tertiary/aromatic N) is 1. The maximum Gasteiger partial charge on any atom is 0.329 e. The summed E-state index contributed by atoms with van der Waals surface area (Å²) in [6.07, 6.45) is 4.80. The first-order valence-corrected chi connectivity index (χ1v) is 22.9. The predicted molar refractivity (Wildman–Crippen MR) is 233 cm³/mol. The van der Waals surface area contributed by atoms with Crippen molar-refractivity contribution in [2.75, 3.05) is 27.9 Å². The van der Waals surface area contributed by atoms with Gasteiger partial charge in [0.05, 0.1) is 24.4 Å². The standard InChI is InChI=1S/C49H73NO12/c1-10-35-23-29(2)22-30(3)24-42(58-8)45-43(59-9)26-32(5)49(56,62-45)46(53)47(54)50-21-15-14-18-37(50)48(55)61-44(33(6)38(51)28-39(35)52)31(4)25-34-19-20-40(41(27-34)57-7)60-36-16-12-11-13-17-36/h11-13,16-17,23,25,30,32-35,37-38,40-45,51,56H,10,14-15,18-22,24,26-28H2,1-9H3. The minimum absolute atomic E-state index is 0.0350. The number of aliphatic hydroxyl groups is 2. The smallest absolute Gasteiger partial charge is 0.329 e. The van der Waals surface area contributed by atoms with Gasteiger partial charge in [0.1, 0.15) is 35.9 Å². The Balaban J connectivity index is 1.49. The molecule has 2 saturated heterocycles.